The van der Waals surface area contributed by atoms with Crippen molar-refractivity contribution in [2.45, 2.75) is 44.8 Å². The van der Waals surface area contributed by atoms with Crippen LogP contribution in [0.3, 0.4) is 0 Å². The molecule has 1 aliphatic carbocycles. The van der Waals surface area contributed by atoms with Crippen LogP contribution in [-0.2, 0) is 6.61 Å². The summed E-state index contributed by atoms with van der Waals surface area (Å²) >= 11 is 3.42. The molecule has 2 rings (SSSR count). The quantitative estimate of drug-likeness (QED) is 0.785. The van der Waals surface area contributed by atoms with Crippen molar-refractivity contribution in [3.05, 3.63) is 22.2 Å². The van der Waals surface area contributed by atoms with Crippen molar-refractivity contribution >= 4 is 15.9 Å². The molecule has 0 bridgehead atoms. The Balaban J connectivity index is 1.95. The molecule has 2 N–H and O–H groups in total. The predicted molar refractivity (Wildman–Crippen MR) is 84.7 cm³/mol. The average molecular weight is 359 g/mol. The summed E-state index contributed by atoms with van der Waals surface area (Å²) in [6.45, 7) is 0.198. The summed E-state index contributed by atoms with van der Waals surface area (Å²) in [5.74, 6) is 1.76. The lowest BCUT2D eigenvalue weighted by molar-refractivity contribution is 0.0838. The Kier molecular flexibility index (Phi) is 6.33. The van der Waals surface area contributed by atoms with E-state index in [0.717, 1.165) is 16.5 Å². The molecule has 21 heavy (non-hydrogen) atoms. The zero-order valence-electron chi connectivity index (χ0n) is 12.3. The molecule has 0 amide bonds. The predicted octanol–water partition coefficient (Wildman–Crippen LogP) is 3.27. The number of ether oxygens (including phenoxy) is 2. The molecule has 0 radical (unpaired) electrons. The van der Waals surface area contributed by atoms with Gasteiger partial charge in [-0.1, -0.05) is 25.7 Å². The van der Waals surface area contributed by atoms with E-state index < -0.39 is 6.10 Å². The number of aliphatic hydroxyl groups excluding tert-OH is 2. The van der Waals surface area contributed by atoms with Gasteiger partial charge in [0.1, 0.15) is 6.61 Å². The summed E-state index contributed by atoms with van der Waals surface area (Å²) in [5.41, 5.74) is 0.748. The lowest BCUT2D eigenvalue weighted by atomic mass is 10.0. The molecule has 0 aliphatic heterocycles. The second kappa shape index (κ2) is 8.01. The molecule has 0 spiro atoms. The molecule has 1 saturated carbocycles. The fourth-order valence-corrected chi connectivity index (χ4v) is 3.49. The Morgan fingerprint density at radius 3 is 2.67 bits per heavy atom. The van der Waals surface area contributed by atoms with Crippen LogP contribution in [0.2, 0.25) is 0 Å². The van der Waals surface area contributed by atoms with Gasteiger partial charge in [0.05, 0.1) is 24.3 Å². The van der Waals surface area contributed by atoms with E-state index >= 15 is 0 Å². The van der Waals surface area contributed by atoms with E-state index in [-0.39, 0.29) is 13.2 Å². The first-order valence-corrected chi connectivity index (χ1v) is 8.21. The van der Waals surface area contributed by atoms with Crippen molar-refractivity contribution in [3.63, 3.8) is 0 Å². The number of hydrogen-bond acceptors (Lipinski definition) is 4. The second-order valence-electron chi connectivity index (χ2n) is 5.62. The highest BCUT2D eigenvalue weighted by Gasteiger charge is 2.20. The van der Waals surface area contributed by atoms with Crippen LogP contribution < -0.4 is 9.47 Å². The van der Waals surface area contributed by atoms with Crippen molar-refractivity contribution in [1.29, 1.82) is 0 Å². The van der Waals surface area contributed by atoms with Crippen molar-refractivity contribution in [3.8, 4) is 11.5 Å². The highest BCUT2D eigenvalue weighted by Crippen LogP contribution is 2.37. The van der Waals surface area contributed by atoms with E-state index in [9.17, 15) is 10.2 Å². The SMILES string of the molecule is COc1cc(CO)cc(Br)c1OCC(O)CC1CCCC1. The Labute approximate surface area is 134 Å². The Morgan fingerprint density at radius 2 is 2.05 bits per heavy atom. The molecule has 0 aromatic heterocycles. The molecule has 1 unspecified atom stereocenters. The average Bonchev–Trinajstić information content (AvgIpc) is 2.97. The summed E-state index contributed by atoms with van der Waals surface area (Å²) in [5, 5.41) is 19.3. The molecular formula is C16H23BrO4. The maximum absolute atomic E-state index is 10.1. The monoisotopic (exact) mass is 358 g/mol. The standard InChI is InChI=1S/C16H23BrO4/c1-20-15-8-12(9-18)7-14(17)16(15)21-10-13(19)6-11-4-2-3-5-11/h7-8,11,13,18-19H,2-6,9-10H2,1H3. The molecule has 5 heteroatoms. The molecule has 1 atom stereocenters. The van der Waals surface area contributed by atoms with Gasteiger partial charge in [-0.25, -0.2) is 0 Å². The van der Waals surface area contributed by atoms with E-state index in [0.29, 0.717) is 17.4 Å². The first-order valence-electron chi connectivity index (χ1n) is 7.42. The molecule has 1 fully saturated rings. The van der Waals surface area contributed by atoms with E-state index in [4.69, 9.17) is 9.47 Å². The summed E-state index contributed by atoms with van der Waals surface area (Å²) in [6.07, 6.45) is 5.34. The minimum absolute atomic E-state index is 0.0560. The van der Waals surface area contributed by atoms with Gasteiger partial charge in [-0.05, 0) is 46.0 Å². The molecule has 0 heterocycles. The number of rotatable bonds is 7. The Bertz CT molecular complexity index is 458. The molecule has 118 valence electrons. The van der Waals surface area contributed by atoms with Gasteiger partial charge in [0.15, 0.2) is 11.5 Å². The van der Waals surface area contributed by atoms with Crippen LogP contribution in [-0.4, -0.2) is 30.0 Å². The molecule has 4 nitrogen and oxygen atoms in total. The summed E-state index contributed by atoms with van der Waals surface area (Å²) < 4.78 is 11.7. The van der Waals surface area contributed by atoms with Gasteiger partial charge in [0, 0.05) is 0 Å². The van der Waals surface area contributed by atoms with Gasteiger partial charge in [-0.3, -0.25) is 0 Å². The van der Waals surface area contributed by atoms with Crippen LogP contribution in [0, 0.1) is 5.92 Å². The normalized spacial score (nSPS) is 17.0. The zero-order valence-corrected chi connectivity index (χ0v) is 13.9. The topological polar surface area (TPSA) is 58.9 Å². The van der Waals surface area contributed by atoms with E-state index in [1.807, 2.05) is 0 Å². The highest BCUT2D eigenvalue weighted by molar-refractivity contribution is 9.10. The van der Waals surface area contributed by atoms with Gasteiger partial charge >= 0.3 is 0 Å². The van der Waals surface area contributed by atoms with Gasteiger partial charge in [-0.15, -0.1) is 0 Å². The van der Waals surface area contributed by atoms with Crippen LogP contribution in [0.4, 0.5) is 0 Å². The number of aliphatic hydroxyl groups is 2. The minimum atomic E-state index is -0.456. The second-order valence-corrected chi connectivity index (χ2v) is 6.47. The Hall–Kier alpha value is -0.780. The van der Waals surface area contributed by atoms with E-state index in [1.165, 1.54) is 25.7 Å². The number of halogens is 1. The maximum atomic E-state index is 10.1. The lowest BCUT2D eigenvalue weighted by Crippen LogP contribution is -2.20. The zero-order chi connectivity index (χ0) is 15.2. The van der Waals surface area contributed by atoms with Crippen LogP contribution in [0.5, 0.6) is 11.5 Å². The van der Waals surface area contributed by atoms with Gasteiger partial charge in [-0.2, -0.15) is 0 Å². The van der Waals surface area contributed by atoms with E-state index in [1.54, 1.807) is 19.2 Å². The lowest BCUT2D eigenvalue weighted by Gasteiger charge is -2.18. The molecule has 0 saturated heterocycles. The molecule has 1 aromatic rings. The van der Waals surface area contributed by atoms with Crippen molar-refractivity contribution < 1.29 is 19.7 Å². The fraction of sp³-hybridized carbons (Fsp3) is 0.625. The van der Waals surface area contributed by atoms with Gasteiger partial charge in [0.25, 0.3) is 0 Å². The third-order valence-electron chi connectivity index (χ3n) is 3.97. The van der Waals surface area contributed by atoms with Crippen molar-refractivity contribution in [1.82, 2.24) is 0 Å². The van der Waals surface area contributed by atoms with Crippen molar-refractivity contribution in [2.75, 3.05) is 13.7 Å². The third kappa shape index (κ3) is 4.59. The molecule has 1 aliphatic rings. The van der Waals surface area contributed by atoms with Crippen LogP contribution >= 0.6 is 15.9 Å². The fourth-order valence-electron chi connectivity index (χ4n) is 2.88. The van der Waals surface area contributed by atoms with Crippen LogP contribution in [0.1, 0.15) is 37.7 Å². The van der Waals surface area contributed by atoms with Crippen molar-refractivity contribution in [2.24, 2.45) is 5.92 Å². The number of methoxy groups -OCH3 is 1. The molecule has 1 aromatic carbocycles. The van der Waals surface area contributed by atoms with Gasteiger partial charge in [0.2, 0.25) is 0 Å². The highest BCUT2D eigenvalue weighted by atomic mass is 79.9. The maximum Gasteiger partial charge on any atom is 0.175 e. The first-order chi connectivity index (χ1) is 10.1. The number of benzene rings is 1. The first kappa shape index (κ1) is 16.6. The summed E-state index contributed by atoms with van der Waals surface area (Å²) in [4.78, 5) is 0. The summed E-state index contributed by atoms with van der Waals surface area (Å²) in [7, 11) is 1.56. The Morgan fingerprint density at radius 1 is 1.33 bits per heavy atom. The van der Waals surface area contributed by atoms with Gasteiger partial charge < -0.3 is 19.7 Å². The minimum Gasteiger partial charge on any atom is -0.493 e. The van der Waals surface area contributed by atoms with E-state index in [2.05, 4.69) is 15.9 Å². The third-order valence-corrected chi connectivity index (χ3v) is 4.56. The van der Waals surface area contributed by atoms with Crippen LogP contribution in [0.25, 0.3) is 0 Å². The largest absolute Gasteiger partial charge is 0.493 e. The summed E-state index contributed by atoms with van der Waals surface area (Å²) in [6, 6.07) is 3.53. The smallest absolute Gasteiger partial charge is 0.175 e. The number of hydrogen-bond donors (Lipinski definition) is 2. The molecular weight excluding hydrogens is 336 g/mol. The van der Waals surface area contributed by atoms with Crippen LogP contribution in [0.15, 0.2) is 16.6 Å².